The standard InChI is InChI=1S/C16H18N2O3/c1-11-3-8-15(16(19)9-11)12(2)17-10-13-4-6-14(7-5-13)18(20)21/h3-9,12,17,19H,10H2,1-2H3. The summed E-state index contributed by atoms with van der Waals surface area (Å²) in [6, 6.07) is 12.0. The van der Waals surface area contributed by atoms with Gasteiger partial charge < -0.3 is 10.4 Å². The lowest BCUT2D eigenvalue weighted by molar-refractivity contribution is -0.384. The predicted octanol–water partition coefficient (Wildman–Crippen LogP) is 3.46. The van der Waals surface area contributed by atoms with Gasteiger partial charge in [-0.15, -0.1) is 0 Å². The number of benzene rings is 2. The molecule has 21 heavy (non-hydrogen) atoms. The van der Waals surface area contributed by atoms with Crippen LogP contribution >= 0.6 is 0 Å². The Balaban J connectivity index is 2.00. The van der Waals surface area contributed by atoms with E-state index in [9.17, 15) is 15.2 Å². The maximum atomic E-state index is 10.6. The first kappa shape index (κ1) is 15.0. The molecule has 0 spiro atoms. The van der Waals surface area contributed by atoms with Gasteiger partial charge in [-0.1, -0.05) is 24.3 Å². The molecule has 110 valence electrons. The quantitative estimate of drug-likeness (QED) is 0.652. The number of rotatable bonds is 5. The van der Waals surface area contributed by atoms with Crippen molar-refractivity contribution < 1.29 is 10.0 Å². The third kappa shape index (κ3) is 3.79. The van der Waals surface area contributed by atoms with E-state index in [-0.39, 0.29) is 17.5 Å². The van der Waals surface area contributed by atoms with Gasteiger partial charge in [-0.2, -0.15) is 0 Å². The first-order valence-corrected chi connectivity index (χ1v) is 6.73. The predicted molar refractivity (Wildman–Crippen MR) is 81.2 cm³/mol. The van der Waals surface area contributed by atoms with Gasteiger partial charge in [-0.3, -0.25) is 10.1 Å². The number of nitrogens with zero attached hydrogens (tertiary/aromatic N) is 1. The average Bonchev–Trinajstić information content (AvgIpc) is 2.45. The zero-order valence-corrected chi connectivity index (χ0v) is 12.0. The van der Waals surface area contributed by atoms with Gasteiger partial charge in [0.1, 0.15) is 5.75 Å². The van der Waals surface area contributed by atoms with Gasteiger partial charge in [0, 0.05) is 30.3 Å². The van der Waals surface area contributed by atoms with Gasteiger partial charge in [0.25, 0.3) is 5.69 Å². The second-order valence-corrected chi connectivity index (χ2v) is 5.09. The van der Waals surface area contributed by atoms with Crippen molar-refractivity contribution >= 4 is 5.69 Å². The van der Waals surface area contributed by atoms with Crippen molar-refractivity contribution in [3.63, 3.8) is 0 Å². The second-order valence-electron chi connectivity index (χ2n) is 5.09. The van der Waals surface area contributed by atoms with Crippen LogP contribution in [0, 0.1) is 17.0 Å². The maximum absolute atomic E-state index is 10.6. The molecule has 2 rings (SSSR count). The van der Waals surface area contributed by atoms with Crippen LogP contribution in [0.2, 0.25) is 0 Å². The van der Waals surface area contributed by atoms with E-state index < -0.39 is 4.92 Å². The minimum absolute atomic E-state index is 0.0132. The Morgan fingerprint density at radius 1 is 1.24 bits per heavy atom. The Morgan fingerprint density at radius 3 is 2.48 bits per heavy atom. The van der Waals surface area contributed by atoms with Crippen molar-refractivity contribution in [1.29, 1.82) is 0 Å². The topological polar surface area (TPSA) is 75.4 Å². The number of phenols is 1. The summed E-state index contributed by atoms with van der Waals surface area (Å²) in [6.45, 7) is 4.47. The normalized spacial score (nSPS) is 12.1. The van der Waals surface area contributed by atoms with Crippen LogP contribution in [0.5, 0.6) is 5.75 Å². The van der Waals surface area contributed by atoms with E-state index in [1.165, 1.54) is 12.1 Å². The Labute approximate surface area is 123 Å². The molecule has 0 saturated heterocycles. The number of nitro groups is 1. The highest BCUT2D eigenvalue weighted by Gasteiger charge is 2.10. The summed E-state index contributed by atoms with van der Waals surface area (Å²) in [6.07, 6.45) is 0. The van der Waals surface area contributed by atoms with Crippen LogP contribution < -0.4 is 5.32 Å². The van der Waals surface area contributed by atoms with E-state index in [0.29, 0.717) is 6.54 Å². The highest BCUT2D eigenvalue weighted by Crippen LogP contribution is 2.25. The monoisotopic (exact) mass is 286 g/mol. The van der Waals surface area contributed by atoms with Gasteiger partial charge in [0.05, 0.1) is 4.92 Å². The van der Waals surface area contributed by atoms with E-state index in [1.54, 1.807) is 18.2 Å². The summed E-state index contributed by atoms with van der Waals surface area (Å²) >= 11 is 0. The molecular weight excluding hydrogens is 268 g/mol. The van der Waals surface area contributed by atoms with Crippen molar-refractivity contribution in [3.8, 4) is 5.75 Å². The molecule has 0 heterocycles. The Morgan fingerprint density at radius 2 is 1.90 bits per heavy atom. The van der Waals surface area contributed by atoms with Crippen LogP contribution in [0.3, 0.4) is 0 Å². The highest BCUT2D eigenvalue weighted by molar-refractivity contribution is 5.38. The van der Waals surface area contributed by atoms with Crippen LogP contribution in [0.4, 0.5) is 5.69 Å². The lowest BCUT2D eigenvalue weighted by atomic mass is 10.0. The van der Waals surface area contributed by atoms with Crippen molar-refractivity contribution in [1.82, 2.24) is 5.32 Å². The summed E-state index contributed by atoms with van der Waals surface area (Å²) in [5, 5.41) is 23.8. The molecule has 5 nitrogen and oxygen atoms in total. The molecule has 2 N–H and O–H groups in total. The van der Waals surface area contributed by atoms with Crippen LogP contribution in [0.1, 0.15) is 29.7 Å². The van der Waals surface area contributed by atoms with Gasteiger partial charge in [0.2, 0.25) is 0 Å². The number of hydrogen-bond acceptors (Lipinski definition) is 4. The van der Waals surface area contributed by atoms with Crippen LogP contribution in [-0.4, -0.2) is 10.0 Å². The molecule has 0 fully saturated rings. The molecule has 0 amide bonds. The zero-order valence-electron chi connectivity index (χ0n) is 12.0. The first-order valence-electron chi connectivity index (χ1n) is 6.73. The lowest BCUT2D eigenvalue weighted by Gasteiger charge is -2.16. The second kappa shape index (κ2) is 6.37. The summed E-state index contributed by atoms with van der Waals surface area (Å²) in [7, 11) is 0. The number of aryl methyl sites for hydroxylation is 1. The number of nitro benzene ring substituents is 1. The van der Waals surface area contributed by atoms with E-state index in [2.05, 4.69) is 5.32 Å². The summed E-state index contributed by atoms with van der Waals surface area (Å²) in [5.74, 6) is 0.277. The largest absolute Gasteiger partial charge is 0.508 e. The Bertz CT molecular complexity index is 638. The number of non-ortho nitro benzene ring substituents is 1. The summed E-state index contributed by atoms with van der Waals surface area (Å²) in [4.78, 5) is 10.2. The average molecular weight is 286 g/mol. The SMILES string of the molecule is Cc1ccc(C(C)NCc2ccc([N+](=O)[O-])cc2)c(O)c1. The molecular formula is C16H18N2O3. The number of phenolic OH excluding ortho intramolecular Hbond substituents is 1. The van der Waals surface area contributed by atoms with Crippen LogP contribution in [0.25, 0.3) is 0 Å². The van der Waals surface area contributed by atoms with Crippen LogP contribution in [-0.2, 0) is 6.54 Å². The first-order chi connectivity index (χ1) is 9.97. The van der Waals surface area contributed by atoms with Gasteiger partial charge >= 0.3 is 0 Å². The van der Waals surface area contributed by atoms with Crippen molar-refractivity contribution in [2.75, 3.05) is 0 Å². The van der Waals surface area contributed by atoms with E-state index in [0.717, 1.165) is 16.7 Å². The Hall–Kier alpha value is -2.40. The molecule has 0 aliphatic carbocycles. The molecule has 5 heteroatoms. The molecule has 0 radical (unpaired) electrons. The van der Waals surface area contributed by atoms with Crippen LogP contribution in [0.15, 0.2) is 42.5 Å². The molecule has 1 atom stereocenters. The fraction of sp³-hybridized carbons (Fsp3) is 0.250. The van der Waals surface area contributed by atoms with E-state index >= 15 is 0 Å². The maximum Gasteiger partial charge on any atom is 0.269 e. The summed E-state index contributed by atoms with van der Waals surface area (Å²) in [5.41, 5.74) is 2.89. The van der Waals surface area contributed by atoms with Crippen molar-refractivity contribution in [3.05, 3.63) is 69.3 Å². The smallest absolute Gasteiger partial charge is 0.269 e. The minimum atomic E-state index is -0.413. The molecule has 0 bridgehead atoms. The number of nitrogens with one attached hydrogen (secondary N) is 1. The minimum Gasteiger partial charge on any atom is -0.508 e. The fourth-order valence-corrected chi connectivity index (χ4v) is 2.14. The van der Waals surface area contributed by atoms with Gasteiger partial charge in [0.15, 0.2) is 0 Å². The van der Waals surface area contributed by atoms with E-state index in [1.807, 2.05) is 26.0 Å². The van der Waals surface area contributed by atoms with E-state index in [4.69, 9.17) is 0 Å². The van der Waals surface area contributed by atoms with Crippen molar-refractivity contribution in [2.45, 2.75) is 26.4 Å². The molecule has 2 aromatic carbocycles. The van der Waals surface area contributed by atoms with Crippen molar-refractivity contribution in [2.24, 2.45) is 0 Å². The molecule has 2 aromatic rings. The lowest BCUT2D eigenvalue weighted by Crippen LogP contribution is -2.18. The fourth-order valence-electron chi connectivity index (χ4n) is 2.14. The molecule has 0 saturated carbocycles. The number of hydrogen-bond donors (Lipinski definition) is 2. The Kier molecular flexibility index (Phi) is 4.55. The molecule has 0 aliphatic rings. The molecule has 0 aliphatic heterocycles. The third-order valence-electron chi connectivity index (χ3n) is 3.41. The van der Waals surface area contributed by atoms with Gasteiger partial charge in [-0.25, -0.2) is 0 Å². The summed E-state index contributed by atoms with van der Waals surface area (Å²) < 4.78 is 0. The number of aromatic hydroxyl groups is 1. The molecule has 1 unspecified atom stereocenters. The highest BCUT2D eigenvalue weighted by atomic mass is 16.6. The molecule has 0 aromatic heterocycles. The third-order valence-corrected chi connectivity index (χ3v) is 3.41. The van der Waals surface area contributed by atoms with Gasteiger partial charge in [-0.05, 0) is 31.0 Å². The zero-order chi connectivity index (χ0) is 15.4.